The SMILES string of the molecule is CC(C)(C)c1ccc(C(=O)NCc2cncnc2C(C)(C)C)cc1. The lowest BCUT2D eigenvalue weighted by Gasteiger charge is -2.21. The van der Waals surface area contributed by atoms with E-state index in [0.29, 0.717) is 12.1 Å². The van der Waals surface area contributed by atoms with Gasteiger partial charge in [-0.3, -0.25) is 4.79 Å². The van der Waals surface area contributed by atoms with Gasteiger partial charge in [0, 0.05) is 29.3 Å². The fraction of sp³-hybridized carbons (Fsp3) is 0.450. The maximum Gasteiger partial charge on any atom is 0.251 e. The maximum atomic E-state index is 12.4. The van der Waals surface area contributed by atoms with Crippen LogP contribution in [0.4, 0.5) is 0 Å². The third kappa shape index (κ3) is 4.40. The van der Waals surface area contributed by atoms with E-state index in [1.165, 1.54) is 5.56 Å². The minimum absolute atomic E-state index is 0.0813. The Hall–Kier alpha value is -2.23. The minimum Gasteiger partial charge on any atom is -0.348 e. The molecule has 0 fully saturated rings. The zero-order valence-corrected chi connectivity index (χ0v) is 15.5. The molecule has 4 heteroatoms. The summed E-state index contributed by atoms with van der Waals surface area (Å²) in [5.74, 6) is -0.0841. The molecule has 0 bridgehead atoms. The zero-order chi connectivity index (χ0) is 18.0. The molecule has 1 aromatic heterocycles. The first-order chi connectivity index (χ1) is 11.1. The molecule has 2 rings (SSSR count). The summed E-state index contributed by atoms with van der Waals surface area (Å²) in [6.07, 6.45) is 3.33. The van der Waals surface area contributed by atoms with E-state index in [1.807, 2.05) is 24.3 Å². The Morgan fingerprint density at radius 1 is 1.00 bits per heavy atom. The van der Waals surface area contributed by atoms with Crippen LogP contribution in [-0.4, -0.2) is 15.9 Å². The number of carbonyl (C=O) groups excluding carboxylic acids is 1. The number of hydrogen-bond donors (Lipinski definition) is 1. The molecule has 2 aromatic rings. The molecule has 24 heavy (non-hydrogen) atoms. The van der Waals surface area contributed by atoms with Gasteiger partial charge in [-0.15, -0.1) is 0 Å². The predicted molar refractivity (Wildman–Crippen MR) is 97.0 cm³/mol. The highest BCUT2D eigenvalue weighted by Gasteiger charge is 2.20. The van der Waals surface area contributed by atoms with E-state index < -0.39 is 0 Å². The number of nitrogens with one attached hydrogen (secondary N) is 1. The average Bonchev–Trinajstić information content (AvgIpc) is 2.51. The summed E-state index contributed by atoms with van der Waals surface area (Å²) in [4.78, 5) is 20.9. The van der Waals surface area contributed by atoms with Crippen LogP contribution >= 0.6 is 0 Å². The van der Waals surface area contributed by atoms with Crippen LogP contribution in [0.1, 0.15) is 68.7 Å². The molecule has 0 radical (unpaired) electrons. The van der Waals surface area contributed by atoms with Crippen molar-refractivity contribution in [2.45, 2.75) is 58.9 Å². The van der Waals surface area contributed by atoms with Gasteiger partial charge in [0.25, 0.3) is 5.91 Å². The first-order valence-corrected chi connectivity index (χ1v) is 8.27. The highest BCUT2D eigenvalue weighted by atomic mass is 16.1. The fourth-order valence-electron chi connectivity index (χ4n) is 2.56. The highest BCUT2D eigenvalue weighted by molar-refractivity contribution is 5.94. The lowest BCUT2D eigenvalue weighted by molar-refractivity contribution is 0.0950. The van der Waals surface area contributed by atoms with E-state index in [-0.39, 0.29) is 16.7 Å². The van der Waals surface area contributed by atoms with Crippen molar-refractivity contribution in [3.63, 3.8) is 0 Å². The Kier molecular flexibility index (Phi) is 5.07. The Bertz CT molecular complexity index is 707. The number of aromatic nitrogens is 2. The molecule has 0 saturated heterocycles. The standard InChI is InChI=1S/C20H27N3O/c1-19(2,3)16-9-7-14(8-10-16)18(24)22-12-15-11-21-13-23-17(15)20(4,5)6/h7-11,13H,12H2,1-6H3,(H,22,24). The van der Waals surface area contributed by atoms with Crippen molar-refractivity contribution < 1.29 is 4.79 Å². The first kappa shape index (κ1) is 18.1. The number of carbonyl (C=O) groups is 1. The third-order valence-electron chi connectivity index (χ3n) is 3.95. The van der Waals surface area contributed by atoms with Gasteiger partial charge in [-0.1, -0.05) is 53.7 Å². The molecular weight excluding hydrogens is 298 g/mol. The minimum atomic E-state index is -0.0860. The summed E-state index contributed by atoms with van der Waals surface area (Å²) in [6, 6.07) is 7.78. The van der Waals surface area contributed by atoms with Gasteiger partial charge in [0.05, 0.1) is 5.69 Å². The molecule has 0 spiro atoms. The molecule has 128 valence electrons. The summed E-state index contributed by atoms with van der Waals surface area (Å²) in [7, 11) is 0. The van der Waals surface area contributed by atoms with Crippen LogP contribution in [0.3, 0.4) is 0 Å². The molecule has 0 saturated carbocycles. The van der Waals surface area contributed by atoms with Crippen molar-refractivity contribution in [3.8, 4) is 0 Å². The van der Waals surface area contributed by atoms with Gasteiger partial charge < -0.3 is 5.32 Å². The summed E-state index contributed by atoms with van der Waals surface area (Å²) in [5, 5.41) is 2.97. The van der Waals surface area contributed by atoms with Gasteiger partial charge in [-0.25, -0.2) is 9.97 Å². The number of benzene rings is 1. The Labute approximate surface area is 144 Å². The van der Waals surface area contributed by atoms with Crippen molar-refractivity contribution in [2.75, 3.05) is 0 Å². The number of rotatable bonds is 3. The smallest absolute Gasteiger partial charge is 0.251 e. The highest BCUT2D eigenvalue weighted by Crippen LogP contribution is 2.23. The van der Waals surface area contributed by atoms with Gasteiger partial charge in [-0.2, -0.15) is 0 Å². The van der Waals surface area contributed by atoms with E-state index in [1.54, 1.807) is 12.5 Å². The summed E-state index contributed by atoms with van der Waals surface area (Å²) >= 11 is 0. The summed E-state index contributed by atoms with van der Waals surface area (Å²) < 4.78 is 0. The quantitative estimate of drug-likeness (QED) is 0.928. The fourth-order valence-corrected chi connectivity index (χ4v) is 2.56. The molecule has 0 aliphatic rings. The van der Waals surface area contributed by atoms with Crippen LogP contribution in [0.2, 0.25) is 0 Å². The normalized spacial score (nSPS) is 12.1. The predicted octanol–water partition coefficient (Wildman–Crippen LogP) is 4.00. The van der Waals surface area contributed by atoms with Gasteiger partial charge in [0.1, 0.15) is 6.33 Å². The molecule has 0 atom stereocenters. The molecule has 1 N–H and O–H groups in total. The van der Waals surface area contributed by atoms with Crippen LogP contribution in [0.15, 0.2) is 36.8 Å². The monoisotopic (exact) mass is 325 g/mol. The van der Waals surface area contributed by atoms with E-state index >= 15 is 0 Å². The van der Waals surface area contributed by atoms with Gasteiger partial charge in [-0.05, 0) is 23.1 Å². The van der Waals surface area contributed by atoms with Crippen LogP contribution in [0, 0.1) is 0 Å². The van der Waals surface area contributed by atoms with Gasteiger partial charge in [0.2, 0.25) is 0 Å². The van der Waals surface area contributed by atoms with Gasteiger partial charge >= 0.3 is 0 Å². The number of nitrogens with zero attached hydrogens (tertiary/aromatic N) is 2. The molecule has 0 aliphatic heterocycles. The third-order valence-corrected chi connectivity index (χ3v) is 3.95. The lowest BCUT2D eigenvalue weighted by Crippen LogP contribution is -2.26. The van der Waals surface area contributed by atoms with Crippen molar-refractivity contribution >= 4 is 5.91 Å². The van der Waals surface area contributed by atoms with Crippen LogP contribution in [-0.2, 0) is 17.4 Å². The Morgan fingerprint density at radius 2 is 1.62 bits per heavy atom. The first-order valence-electron chi connectivity index (χ1n) is 8.27. The van der Waals surface area contributed by atoms with Crippen LogP contribution < -0.4 is 5.32 Å². The van der Waals surface area contributed by atoms with Gasteiger partial charge in [0.15, 0.2) is 0 Å². The maximum absolute atomic E-state index is 12.4. The summed E-state index contributed by atoms with van der Waals surface area (Å²) in [6.45, 7) is 13.2. The topological polar surface area (TPSA) is 54.9 Å². The molecule has 1 amide bonds. The largest absolute Gasteiger partial charge is 0.348 e. The van der Waals surface area contributed by atoms with E-state index in [9.17, 15) is 4.79 Å². The zero-order valence-electron chi connectivity index (χ0n) is 15.5. The molecule has 0 aliphatic carbocycles. The molecule has 0 unspecified atom stereocenters. The second-order valence-corrected chi connectivity index (χ2v) is 8.16. The molecule has 4 nitrogen and oxygen atoms in total. The van der Waals surface area contributed by atoms with E-state index in [4.69, 9.17) is 0 Å². The lowest BCUT2D eigenvalue weighted by atomic mass is 9.86. The Morgan fingerprint density at radius 3 is 2.17 bits per heavy atom. The van der Waals surface area contributed by atoms with Crippen molar-refractivity contribution in [1.82, 2.24) is 15.3 Å². The summed E-state index contributed by atoms with van der Waals surface area (Å²) in [5.41, 5.74) is 3.78. The molecular formula is C20H27N3O. The number of amides is 1. The van der Waals surface area contributed by atoms with Crippen LogP contribution in [0.5, 0.6) is 0 Å². The van der Waals surface area contributed by atoms with Crippen molar-refractivity contribution in [1.29, 1.82) is 0 Å². The van der Waals surface area contributed by atoms with E-state index in [0.717, 1.165) is 11.3 Å². The van der Waals surface area contributed by atoms with Crippen molar-refractivity contribution in [3.05, 3.63) is 59.2 Å². The second-order valence-electron chi connectivity index (χ2n) is 8.16. The molecule has 1 aromatic carbocycles. The molecule has 1 heterocycles. The van der Waals surface area contributed by atoms with Crippen molar-refractivity contribution in [2.24, 2.45) is 0 Å². The number of hydrogen-bond acceptors (Lipinski definition) is 3. The Balaban J connectivity index is 2.09. The average molecular weight is 325 g/mol. The van der Waals surface area contributed by atoms with E-state index in [2.05, 4.69) is 56.8 Å². The second kappa shape index (κ2) is 6.71. The van der Waals surface area contributed by atoms with Crippen LogP contribution in [0.25, 0.3) is 0 Å².